The Hall–Kier alpha value is -4.22. The number of nitrogens with two attached hydrogens (primary N) is 1. The van der Waals surface area contributed by atoms with E-state index in [1.165, 1.54) is 0 Å². The van der Waals surface area contributed by atoms with Crippen molar-refractivity contribution in [3.63, 3.8) is 0 Å². The highest BCUT2D eigenvalue weighted by molar-refractivity contribution is 7.91. The Labute approximate surface area is 229 Å². The summed E-state index contributed by atoms with van der Waals surface area (Å²) in [6, 6.07) is 34.5. The van der Waals surface area contributed by atoms with Crippen LogP contribution in [0.15, 0.2) is 119 Å². The zero-order valence-corrected chi connectivity index (χ0v) is 22.9. The number of nitrogens with one attached hydrogen (secondary N) is 1. The average Bonchev–Trinajstić information content (AvgIpc) is 2.98. The van der Waals surface area contributed by atoms with E-state index < -0.39 is 13.7 Å². The van der Waals surface area contributed by atoms with Gasteiger partial charge >= 0.3 is 0 Å². The van der Waals surface area contributed by atoms with Crippen molar-refractivity contribution in [2.45, 2.75) is 12.6 Å². The van der Waals surface area contributed by atoms with Crippen molar-refractivity contribution in [2.24, 2.45) is 15.7 Å². The molecule has 198 valence electrons. The molecular formula is C31H32FN5OP+. The Kier molecular flexibility index (Phi) is 7.89. The van der Waals surface area contributed by atoms with Crippen LogP contribution in [0.2, 0.25) is 0 Å². The molecule has 1 atom stereocenters. The molecule has 0 aromatic heterocycles. The Morgan fingerprint density at radius 1 is 0.795 bits per heavy atom. The van der Waals surface area contributed by atoms with Crippen LogP contribution < -0.4 is 31.7 Å². The van der Waals surface area contributed by atoms with Gasteiger partial charge in [-0.2, -0.15) is 0 Å². The second-order valence-electron chi connectivity index (χ2n) is 9.45. The van der Waals surface area contributed by atoms with Crippen molar-refractivity contribution in [1.29, 1.82) is 0 Å². The number of halogens is 1. The number of rotatable bonds is 8. The summed E-state index contributed by atoms with van der Waals surface area (Å²) < 4.78 is 22.9. The molecule has 4 aromatic carbocycles. The molecule has 8 heteroatoms. The zero-order chi connectivity index (χ0) is 27.2. The van der Waals surface area contributed by atoms with Crippen molar-refractivity contribution in [2.75, 3.05) is 20.7 Å². The summed E-state index contributed by atoms with van der Waals surface area (Å²) in [6.07, 6.45) is 0.315. The lowest BCUT2D eigenvalue weighted by Crippen LogP contribution is -2.46. The Morgan fingerprint density at radius 2 is 1.36 bits per heavy atom. The highest BCUT2D eigenvalue weighted by atomic mass is 31.2. The second-order valence-corrected chi connectivity index (χ2v) is 12.2. The molecule has 0 aliphatic carbocycles. The van der Waals surface area contributed by atoms with Crippen LogP contribution in [0.5, 0.6) is 5.75 Å². The molecular weight excluding hydrogens is 508 g/mol. The molecule has 0 saturated heterocycles. The van der Waals surface area contributed by atoms with Crippen LogP contribution in [0.4, 0.5) is 4.20 Å². The number of nitrogens with zero attached hydrogens (tertiary/aromatic N) is 3. The van der Waals surface area contributed by atoms with Gasteiger partial charge in [-0.1, -0.05) is 60.7 Å². The Morgan fingerprint density at radius 3 is 1.92 bits per heavy atom. The fourth-order valence-corrected chi connectivity index (χ4v) is 7.06. The first-order valence-corrected chi connectivity index (χ1v) is 14.5. The van der Waals surface area contributed by atoms with Gasteiger partial charge in [0.1, 0.15) is 21.7 Å². The molecule has 0 fully saturated rings. The minimum Gasteiger partial charge on any atom is -0.493 e. The average molecular weight is 541 g/mol. The zero-order valence-electron chi connectivity index (χ0n) is 22.0. The van der Waals surface area contributed by atoms with Gasteiger partial charge in [-0.3, -0.25) is 5.32 Å². The molecule has 0 bridgehead atoms. The Balaban J connectivity index is 1.24. The lowest BCUT2D eigenvalue weighted by molar-refractivity contribution is 0.322. The van der Waals surface area contributed by atoms with Gasteiger partial charge in [0.25, 0.3) is 7.57 Å². The van der Waals surface area contributed by atoms with Crippen LogP contribution in [-0.4, -0.2) is 37.5 Å². The standard InChI is InChI=1S/C31H32FN5OP/c1-37(2)31-35-29(34-30(33)36-31)24-15-17-25(18-16-24)38-22-21-23-13-19-28(20-14-23)39(32,26-9-5-3-6-10-26)27-11-7-4-8-12-27/h3-20,29H,21-22H2,1-2H3,(H3,33,34,35,36)/q+1. The number of hydrogen-bond donors (Lipinski definition) is 2. The first kappa shape index (κ1) is 26.4. The van der Waals surface area contributed by atoms with E-state index in [1.54, 1.807) is 0 Å². The van der Waals surface area contributed by atoms with Crippen molar-refractivity contribution in [3.05, 3.63) is 120 Å². The third-order valence-corrected chi connectivity index (χ3v) is 9.55. The predicted octanol–water partition coefficient (Wildman–Crippen LogP) is 4.32. The monoisotopic (exact) mass is 540 g/mol. The number of aliphatic imine (C=N–C) groups is 2. The summed E-state index contributed by atoms with van der Waals surface area (Å²) in [7, 11) is 0.580. The third kappa shape index (κ3) is 5.94. The summed E-state index contributed by atoms with van der Waals surface area (Å²) in [4.78, 5) is 10.8. The molecule has 0 saturated carbocycles. The van der Waals surface area contributed by atoms with Gasteiger partial charge < -0.3 is 15.4 Å². The number of ether oxygens (including phenoxy) is 1. The number of guanidine groups is 2. The highest BCUT2D eigenvalue weighted by Crippen LogP contribution is 2.56. The van der Waals surface area contributed by atoms with Gasteiger partial charge in [0, 0.05) is 20.5 Å². The van der Waals surface area contributed by atoms with Gasteiger partial charge in [0.05, 0.1) is 6.61 Å². The van der Waals surface area contributed by atoms with E-state index in [9.17, 15) is 0 Å². The summed E-state index contributed by atoms with van der Waals surface area (Å²) in [5.41, 5.74) is 7.94. The van der Waals surface area contributed by atoms with Crippen LogP contribution in [0.1, 0.15) is 17.3 Å². The first-order valence-electron chi connectivity index (χ1n) is 12.8. The Bertz CT molecular complexity index is 1400. The van der Waals surface area contributed by atoms with Gasteiger partial charge in [-0.25, -0.2) is 9.98 Å². The molecule has 6 nitrogen and oxygen atoms in total. The molecule has 1 aliphatic rings. The molecule has 1 heterocycles. The maximum Gasteiger partial charge on any atom is 0.298 e. The largest absolute Gasteiger partial charge is 0.493 e. The van der Waals surface area contributed by atoms with Gasteiger partial charge in [0.2, 0.25) is 5.96 Å². The second kappa shape index (κ2) is 11.7. The minimum atomic E-state index is -3.21. The van der Waals surface area contributed by atoms with Crippen LogP contribution in [0.25, 0.3) is 0 Å². The molecule has 4 aromatic rings. The maximum atomic E-state index is 16.9. The number of benzene rings is 4. The van der Waals surface area contributed by atoms with Crippen molar-refractivity contribution < 1.29 is 8.93 Å². The quantitative estimate of drug-likeness (QED) is 0.327. The van der Waals surface area contributed by atoms with E-state index in [1.807, 2.05) is 128 Å². The molecule has 0 amide bonds. The molecule has 39 heavy (non-hydrogen) atoms. The normalized spacial score (nSPS) is 15.1. The minimum absolute atomic E-state index is 0.338. The third-order valence-electron chi connectivity index (χ3n) is 6.52. The van der Waals surface area contributed by atoms with E-state index in [4.69, 9.17) is 10.5 Å². The number of hydrogen-bond acceptors (Lipinski definition) is 6. The van der Waals surface area contributed by atoms with Gasteiger partial charge in [-0.15, -0.1) is 0 Å². The fraction of sp³-hybridized carbons (Fsp3) is 0.161. The molecule has 1 aliphatic heterocycles. The van der Waals surface area contributed by atoms with Gasteiger partial charge in [-0.05, 0) is 63.9 Å². The van der Waals surface area contributed by atoms with E-state index >= 15 is 4.20 Å². The van der Waals surface area contributed by atoms with E-state index in [2.05, 4.69) is 15.3 Å². The summed E-state index contributed by atoms with van der Waals surface area (Å²) >= 11 is 0. The predicted molar refractivity (Wildman–Crippen MR) is 161 cm³/mol. The van der Waals surface area contributed by atoms with Crippen LogP contribution >= 0.6 is 7.57 Å². The smallest absolute Gasteiger partial charge is 0.298 e. The fourth-order valence-electron chi connectivity index (χ4n) is 4.44. The SMILES string of the molecule is CN(C)C1=NC(c2ccc(OCCc3ccc([P+](F)(c4ccccc4)c4ccccc4)cc3)cc2)N=C(N)N1. The van der Waals surface area contributed by atoms with Crippen LogP contribution in [-0.2, 0) is 6.42 Å². The summed E-state index contributed by atoms with van der Waals surface area (Å²) in [5.74, 6) is 1.77. The maximum absolute atomic E-state index is 16.9. The topological polar surface area (TPSA) is 75.2 Å². The molecule has 0 spiro atoms. The lowest BCUT2D eigenvalue weighted by Gasteiger charge is -2.23. The van der Waals surface area contributed by atoms with Crippen molar-refractivity contribution in [1.82, 2.24) is 10.2 Å². The van der Waals surface area contributed by atoms with Crippen molar-refractivity contribution >= 4 is 35.4 Å². The molecule has 3 N–H and O–H groups in total. The first-order chi connectivity index (χ1) is 18.9. The lowest BCUT2D eigenvalue weighted by atomic mass is 10.1. The highest BCUT2D eigenvalue weighted by Gasteiger charge is 2.47. The van der Waals surface area contributed by atoms with E-state index in [0.717, 1.165) is 27.5 Å². The molecule has 1 unspecified atom stereocenters. The molecule has 5 rings (SSSR count). The van der Waals surface area contributed by atoms with Crippen LogP contribution in [0.3, 0.4) is 0 Å². The summed E-state index contributed by atoms with van der Waals surface area (Å²) in [5, 5.41) is 5.11. The van der Waals surface area contributed by atoms with Crippen molar-refractivity contribution in [3.8, 4) is 5.75 Å². The van der Waals surface area contributed by atoms with E-state index in [0.29, 0.717) is 30.3 Å². The molecule has 0 radical (unpaired) electrons. The van der Waals surface area contributed by atoms with E-state index in [-0.39, 0.29) is 0 Å². The summed E-state index contributed by atoms with van der Waals surface area (Å²) in [6.45, 7) is 0.507. The van der Waals surface area contributed by atoms with Gasteiger partial charge in [0.15, 0.2) is 12.1 Å². The van der Waals surface area contributed by atoms with Crippen LogP contribution in [0, 0.1) is 0 Å².